The molecule has 20 heavy (non-hydrogen) atoms. The summed E-state index contributed by atoms with van der Waals surface area (Å²) in [5.41, 5.74) is 0.448. The van der Waals surface area contributed by atoms with Crippen LogP contribution in [-0.4, -0.2) is 51.8 Å². The molecule has 1 N–H and O–H groups in total. The van der Waals surface area contributed by atoms with Gasteiger partial charge in [-0.1, -0.05) is 0 Å². The summed E-state index contributed by atoms with van der Waals surface area (Å²) in [7, 11) is 0. The fourth-order valence-corrected chi connectivity index (χ4v) is 3.36. The van der Waals surface area contributed by atoms with Gasteiger partial charge in [-0.3, -0.25) is 14.1 Å². The Morgan fingerprint density at radius 3 is 2.90 bits per heavy atom. The molecule has 1 aliphatic rings. The minimum absolute atomic E-state index is 0.241. The Labute approximate surface area is 122 Å². The van der Waals surface area contributed by atoms with Crippen molar-refractivity contribution in [1.82, 2.24) is 19.6 Å². The molecule has 2 aromatic rings. The number of fused-ring (bicyclic) bond motifs is 1. The molecule has 0 atom stereocenters. The number of ketones is 1. The SMILES string of the molecule is CC(C)(C(=O)Cc1cn2ccsc2n1)N1CCNCC1. The van der Waals surface area contributed by atoms with E-state index >= 15 is 0 Å². The molecule has 1 saturated heterocycles. The van der Waals surface area contributed by atoms with Gasteiger partial charge in [0.15, 0.2) is 10.7 Å². The van der Waals surface area contributed by atoms with Crippen LogP contribution in [0.4, 0.5) is 0 Å². The summed E-state index contributed by atoms with van der Waals surface area (Å²) in [6.07, 6.45) is 4.34. The van der Waals surface area contributed by atoms with Crippen molar-refractivity contribution >= 4 is 22.1 Å². The van der Waals surface area contributed by atoms with Crippen molar-refractivity contribution in [3.8, 4) is 0 Å². The van der Waals surface area contributed by atoms with E-state index < -0.39 is 5.54 Å². The summed E-state index contributed by atoms with van der Waals surface area (Å²) >= 11 is 1.59. The highest BCUT2D eigenvalue weighted by molar-refractivity contribution is 7.15. The molecule has 0 bridgehead atoms. The first-order chi connectivity index (χ1) is 9.57. The number of carbonyl (C=O) groups excluding carboxylic acids is 1. The average molecular weight is 292 g/mol. The molecule has 0 unspecified atom stereocenters. The predicted octanol–water partition coefficient (Wildman–Crippen LogP) is 1.19. The summed E-state index contributed by atoms with van der Waals surface area (Å²) in [6.45, 7) is 7.82. The summed E-state index contributed by atoms with van der Waals surface area (Å²) in [4.78, 5) is 20.3. The second-order valence-corrected chi connectivity index (χ2v) is 6.59. The molecule has 6 heteroatoms. The van der Waals surface area contributed by atoms with Crippen LogP contribution in [0.15, 0.2) is 17.8 Å². The Morgan fingerprint density at radius 2 is 2.20 bits per heavy atom. The number of nitrogens with one attached hydrogen (secondary N) is 1. The zero-order chi connectivity index (χ0) is 14.2. The quantitative estimate of drug-likeness (QED) is 0.920. The Bertz CT molecular complexity index is 581. The zero-order valence-corrected chi connectivity index (χ0v) is 12.7. The van der Waals surface area contributed by atoms with Gasteiger partial charge in [-0.25, -0.2) is 4.98 Å². The van der Waals surface area contributed by atoms with Crippen molar-refractivity contribution in [3.63, 3.8) is 0 Å². The third-order valence-corrected chi connectivity index (χ3v) is 4.85. The number of piperazine rings is 1. The van der Waals surface area contributed by atoms with Crippen molar-refractivity contribution in [2.75, 3.05) is 26.2 Å². The first-order valence-electron chi connectivity index (χ1n) is 6.97. The fraction of sp³-hybridized carbons (Fsp3) is 0.571. The maximum atomic E-state index is 12.6. The number of hydrogen-bond donors (Lipinski definition) is 1. The molecule has 0 aliphatic carbocycles. The van der Waals surface area contributed by atoms with Crippen LogP contribution in [0.25, 0.3) is 4.96 Å². The normalized spacial score (nSPS) is 17.7. The summed E-state index contributed by atoms with van der Waals surface area (Å²) in [6, 6.07) is 0. The molecule has 3 heterocycles. The molecule has 0 spiro atoms. The van der Waals surface area contributed by atoms with Crippen molar-refractivity contribution < 1.29 is 4.79 Å². The van der Waals surface area contributed by atoms with Gasteiger partial charge in [0.05, 0.1) is 17.7 Å². The number of nitrogens with zero attached hydrogens (tertiary/aromatic N) is 3. The van der Waals surface area contributed by atoms with E-state index in [-0.39, 0.29) is 5.78 Å². The molecule has 1 fully saturated rings. The lowest BCUT2D eigenvalue weighted by atomic mass is 9.93. The highest BCUT2D eigenvalue weighted by Gasteiger charge is 2.34. The summed E-state index contributed by atoms with van der Waals surface area (Å²) < 4.78 is 1.98. The van der Waals surface area contributed by atoms with E-state index in [1.807, 2.05) is 36.0 Å². The largest absolute Gasteiger partial charge is 0.314 e. The third-order valence-electron chi connectivity index (χ3n) is 4.07. The molecule has 2 aromatic heterocycles. The fourth-order valence-electron chi connectivity index (χ4n) is 2.64. The highest BCUT2D eigenvalue weighted by atomic mass is 32.1. The number of rotatable bonds is 4. The van der Waals surface area contributed by atoms with Crippen LogP contribution in [-0.2, 0) is 11.2 Å². The Morgan fingerprint density at radius 1 is 1.45 bits per heavy atom. The van der Waals surface area contributed by atoms with E-state index in [0.717, 1.165) is 36.8 Å². The van der Waals surface area contributed by atoms with Crippen molar-refractivity contribution in [1.29, 1.82) is 0 Å². The summed E-state index contributed by atoms with van der Waals surface area (Å²) in [5, 5.41) is 5.32. The van der Waals surface area contributed by atoms with E-state index in [9.17, 15) is 4.79 Å². The third kappa shape index (κ3) is 2.51. The van der Waals surface area contributed by atoms with Gasteiger partial charge in [0.2, 0.25) is 0 Å². The molecule has 0 amide bonds. The molecule has 108 valence electrons. The van der Waals surface area contributed by atoms with E-state index in [2.05, 4.69) is 15.2 Å². The second kappa shape index (κ2) is 5.27. The van der Waals surface area contributed by atoms with E-state index in [0.29, 0.717) is 6.42 Å². The first-order valence-corrected chi connectivity index (χ1v) is 7.85. The molecule has 0 saturated carbocycles. The molecule has 0 radical (unpaired) electrons. The monoisotopic (exact) mass is 292 g/mol. The minimum atomic E-state index is -0.418. The second-order valence-electron chi connectivity index (χ2n) is 5.72. The Kier molecular flexibility index (Phi) is 3.62. The van der Waals surface area contributed by atoms with Gasteiger partial charge < -0.3 is 5.32 Å². The molecular formula is C14H20N4OS. The lowest BCUT2D eigenvalue weighted by molar-refractivity contribution is -0.129. The lowest BCUT2D eigenvalue weighted by Crippen LogP contribution is -2.57. The minimum Gasteiger partial charge on any atom is -0.314 e. The van der Waals surface area contributed by atoms with Crippen LogP contribution in [0.2, 0.25) is 0 Å². The van der Waals surface area contributed by atoms with Gasteiger partial charge in [-0.2, -0.15) is 0 Å². The number of hydrogen-bond acceptors (Lipinski definition) is 5. The van der Waals surface area contributed by atoms with Gasteiger partial charge in [0.25, 0.3) is 0 Å². The Balaban J connectivity index is 1.72. The van der Waals surface area contributed by atoms with Crippen LogP contribution in [0, 0.1) is 0 Å². The molecule has 5 nitrogen and oxygen atoms in total. The van der Waals surface area contributed by atoms with E-state index in [4.69, 9.17) is 0 Å². The molecule has 3 rings (SSSR count). The topological polar surface area (TPSA) is 49.6 Å². The number of thiazole rings is 1. The van der Waals surface area contributed by atoms with Crippen LogP contribution in [0.5, 0.6) is 0 Å². The number of carbonyl (C=O) groups is 1. The van der Waals surface area contributed by atoms with Gasteiger partial charge in [-0.05, 0) is 13.8 Å². The van der Waals surface area contributed by atoms with E-state index in [1.165, 1.54) is 0 Å². The highest BCUT2D eigenvalue weighted by Crippen LogP contribution is 2.19. The zero-order valence-electron chi connectivity index (χ0n) is 11.9. The van der Waals surface area contributed by atoms with Crippen molar-refractivity contribution in [3.05, 3.63) is 23.5 Å². The maximum absolute atomic E-state index is 12.6. The van der Waals surface area contributed by atoms with Crippen LogP contribution in [0.1, 0.15) is 19.5 Å². The average Bonchev–Trinajstić information content (AvgIpc) is 3.00. The summed E-state index contributed by atoms with van der Waals surface area (Å²) in [5.74, 6) is 0.241. The van der Waals surface area contributed by atoms with E-state index in [1.54, 1.807) is 11.3 Å². The van der Waals surface area contributed by atoms with Gasteiger partial charge in [0.1, 0.15) is 0 Å². The van der Waals surface area contributed by atoms with Crippen molar-refractivity contribution in [2.45, 2.75) is 25.8 Å². The van der Waals surface area contributed by atoms with Crippen LogP contribution in [0.3, 0.4) is 0 Å². The predicted molar refractivity (Wildman–Crippen MR) is 80.3 cm³/mol. The first kappa shape index (κ1) is 13.7. The van der Waals surface area contributed by atoms with Crippen LogP contribution < -0.4 is 5.32 Å². The van der Waals surface area contributed by atoms with Crippen LogP contribution >= 0.6 is 11.3 Å². The standard InChI is InChI=1S/C14H20N4OS/c1-14(2,18-5-3-15-4-6-18)12(19)9-11-10-17-7-8-20-13(17)16-11/h7-8,10,15H,3-6,9H2,1-2H3. The number of imidazole rings is 1. The Hall–Kier alpha value is -1.24. The van der Waals surface area contributed by atoms with Gasteiger partial charge >= 0.3 is 0 Å². The molecule has 1 aliphatic heterocycles. The van der Waals surface area contributed by atoms with Gasteiger partial charge in [-0.15, -0.1) is 11.3 Å². The number of Topliss-reactive ketones (excluding diaryl/α,β-unsaturated/α-hetero) is 1. The smallest absolute Gasteiger partial charge is 0.193 e. The molecular weight excluding hydrogens is 272 g/mol. The van der Waals surface area contributed by atoms with Crippen molar-refractivity contribution in [2.24, 2.45) is 0 Å². The lowest BCUT2D eigenvalue weighted by Gasteiger charge is -2.39. The maximum Gasteiger partial charge on any atom is 0.193 e. The number of aromatic nitrogens is 2. The molecule has 0 aromatic carbocycles. The van der Waals surface area contributed by atoms with Gasteiger partial charge in [0, 0.05) is 44.0 Å².